The van der Waals surface area contributed by atoms with Crippen LogP contribution >= 0.6 is 0 Å². The molecule has 252 valence electrons. The number of fused-ring (bicyclic) bond motifs is 1. The number of halogens is 3. The molecule has 4 aliphatic rings. The predicted octanol–water partition coefficient (Wildman–Crippen LogP) is 6.31. The highest BCUT2D eigenvalue weighted by Gasteiger charge is 2.38. The number of nitrogens with zero attached hydrogens (tertiary/aromatic N) is 2. The van der Waals surface area contributed by atoms with E-state index in [2.05, 4.69) is 84.3 Å². The van der Waals surface area contributed by atoms with Gasteiger partial charge in [-0.3, -0.25) is 0 Å². The summed E-state index contributed by atoms with van der Waals surface area (Å²) in [5.41, 5.74) is 16.5. The molecule has 0 amide bonds. The number of carboxylic acids is 1. The quantitative estimate of drug-likeness (QED) is 0.235. The molecule has 1 saturated heterocycles. The van der Waals surface area contributed by atoms with Crippen molar-refractivity contribution in [3.05, 3.63) is 112 Å². The fourth-order valence-corrected chi connectivity index (χ4v) is 6.23. The van der Waals surface area contributed by atoms with Gasteiger partial charge in [-0.05, 0) is 91.2 Å². The van der Waals surface area contributed by atoms with Crippen LogP contribution in [0.2, 0.25) is 0 Å². The van der Waals surface area contributed by atoms with Crippen molar-refractivity contribution in [2.75, 3.05) is 18.1 Å². The number of alkyl halides is 3. The van der Waals surface area contributed by atoms with Crippen molar-refractivity contribution in [3.63, 3.8) is 0 Å². The molecule has 8 nitrogen and oxygen atoms in total. The summed E-state index contributed by atoms with van der Waals surface area (Å²) >= 11 is 0. The normalized spacial score (nSPS) is 21.5. The van der Waals surface area contributed by atoms with Gasteiger partial charge in [0.2, 0.25) is 5.90 Å². The maximum atomic E-state index is 10.6. The fourth-order valence-electron chi connectivity index (χ4n) is 6.23. The SMILES string of the molecule is Cc1c(C2C=Cc3cc(CNC4CC4)ccc32)cccc1N1N=C(OC2CCNCC2)C(=Cc2ccccc2)C1N.O=C(O)C(F)(F)F. The molecule has 0 bridgehead atoms. The monoisotopic (exact) mass is 659 g/mol. The van der Waals surface area contributed by atoms with Gasteiger partial charge >= 0.3 is 12.1 Å². The second kappa shape index (κ2) is 14.3. The molecule has 5 N–H and O–H groups in total. The Bertz CT molecular complexity index is 1710. The first kappa shape index (κ1) is 33.5. The molecule has 2 unspecified atom stereocenters. The summed E-state index contributed by atoms with van der Waals surface area (Å²) in [5, 5.41) is 21.2. The van der Waals surface area contributed by atoms with Crippen LogP contribution < -0.4 is 21.4 Å². The third kappa shape index (κ3) is 7.81. The highest BCUT2D eigenvalue weighted by atomic mass is 19.4. The molecule has 0 aromatic heterocycles. The summed E-state index contributed by atoms with van der Waals surface area (Å²) < 4.78 is 38.3. The number of nitrogens with one attached hydrogen (secondary N) is 2. The number of hydrogen-bond donors (Lipinski definition) is 4. The maximum absolute atomic E-state index is 10.6. The zero-order valence-electron chi connectivity index (χ0n) is 26.7. The number of ether oxygens (including phenoxy) is 1. The first-order valence-electron chi connectivity index (χ1n) is 16.3. The Morgan fingerprint density at radius 1 is 1.06 bits per heavy atom. The van der Waals surface area contributed by atoms with Crippen LogP contribution in [0.25, 0.3) is 12.2 Å². The molecule has 2 fully saturated rings. The van der Waals surface area contributed by atoms with E-state index in [-0.39, 0.29) is 12.0 Å². The smallest absolute Gasteiger partial charge is 0.475 e. The van der Waals surface area contributed by atoms with Crippen LogP contribution in [0.1, 0.15) is 65.0 Å². The lowest BCUT2D eigenvalue weighted by Crippen LogP contribution is -2.38. The number of allylic oxidation sites excluding steroid dienone is 1. The Labute approximate surface area is 278 Å². The van der Waals surface area contributed by atoms with E-state index in [9.17, 15) is 13.2 Å². The third-order valence-corrected chi connectivity index (χ3v) is 9.01. The summed E-state index contributed by atoms with van der Waals surface area (Å²) in [5.74, 6) is -1.91. The standard InChI is InChI=1S/C35H39N5O.C2HF3O2/c1-23-29(31-15-11-26-20-25(10-14-30(26)31)22-38-27-12-13-27)8-5-9-33(23)40-34(36)32(21-24-6-3-2-4-7-24)35(39-40)41-28-16-18-37-19-17-28;3-2(4,5)1(6)7/h2-11,14-15,20-21,27-28,31,34,37-38H,12-13,16-19,22,36H2,1H3;(H,6,7). The molecule has 2 aliphatic carbocycles. The number of aliphatic carboxylic acids is 1. The largest absolute Gasteiger partial charge is 0.490 e. The Balaban J connectivity index is 0.000000519. The molecule has 2 heterocycles. The van der Waals surface area contributed by atoms with E-state index in [1.807, 2.05) is 23.2 Å². The molecule has 3 aromatic carbocycles. The van der Waals surface area contributed by atoms with Crippen molar-refractivity contribution in [1.29, 1.82) is 0 Å². The summed E-state index contributed by atoms with van der Waals surface area (Å²) in [6, 6.07) is 24.4. The zero-order chi connectivity index (χ0) is 33.8. The highest BCUT2D eigenvalue weighted by Crippen LogP contribution is 2.41. The lowest BCUT2D eigenvalue weighted by molar-refractivity contribution is -0.192. The Morgan fingerprint density at radius 2 is 1.79 bits per heavy atom. The van der Waals surface area contributed by atoms with Gasteiger partial charge in [0.1, 0.15) is 12.3 Å². The number of piperidine rings is 1. The molecule has 1 saturated carbocycles. The summed E-state index contributed by atoms with van der Waals surface area (Å²) in [4.78, 5) is 8.90. The van der Waals surface area contributed by atoms with E-state index < -0.39 is 18.3 Å². The van der Waals surface area contributed by atoms with E-state index in [4.69, 9.17) is 25.5 Å². The van der Waals surface area contributed by atoms with Crippen molar-refractivity contribution in [1.82, 2.24) is 10.6 Å². The average molecular weight is 660 g/mol. The van der Waals surface area contributed by atoms with Crippen molar-refractivity contribution in [2.24, 2.45) is 10.8 Å². The van der Waals surface area contributed by atoms with E-state index in [0.717, 1.165) is 49.3 Å². The fraction of sp³-hybridized carbons (Fsp3) is 0.351. The van der Waals surface area contributed by atoms with E-state index in [0.29, 0.717) is 11.9 Å². The molecule has 7 rings (SSSR count). The third-order valence-electron chi connectivity index (χ3n) is 9.01. The number of nitrogens with two attached hydrogens (primary N) is 1. The van der Waals surface area contributed by atoms with Gasteiger partial charge in [0.15, 0.2) is 0 Å². The van der Waals surface area contributed by atoms with Crippen LogP contribution in [-0.2, 0) is 16.1 Å². The molecule has 0 radical (unpaired) electrons. The Morgan fingerprint density at radius 3 is 2.48 bits per heavy atom. The highest BCUT2D eigenvalue weighted by molar-refractivity contribution is 6.03. The zero-order valence-corrected chi connectivity index (χ0v) is 26.7. The van der Waals surface area contributed by atoms with Gasteiger partial charge in [0.25, 0.3) is 0 Å². The minimum atomic E-state index is -5.08. The number of hydrogen-bond acceptors (Lipinski definition) is 7. The van der Waals surface area contributed by atoms with Crippen molar-refractivity contribution in [3.8, 4) is 0 Å². The van der Waals surface area contributed by atoms with Crippen LogP contribution in [-0.4, -0.2) is 54.6 Å². The van der Waals surface area contributed by atoms with Gasteiger partial charge in [0.05, 0.1) is 11.3 Å². The molecular weight excluding hydrogens is 619 g/mol. The van der Waals surface area contributed by atoms with Crippen LogP contribution in [0, 0.1) is 6.92 Å². The second-order valence-electron chi connectivity index (χ2n) is 12.5. The van der Waals surface area contributed by atoms with Crippen molar-refractivity contribution < 1.29 is 27.8 Å². The summed E-state index contributed by atoms with van der Waals surface area (Å²) in [7, 11) is 0. The van der Waals surface area contributed by atoms with Gasteiger partial charge < -0.3 is 26.2 Å². The molecule has 3 aromatic rings. The molecule has 48 heavy (non-hydrogen) atoms. The first-order valence-corrected chi connectivity index (χ1v) is 16.3. The molecule has 11 heteroatoms. The molecule has 2 aliphatic heterocycles. The lowest BCUT2D eigenvalue weighted by Gasteiger charge is -2.25. The van der Waals surface area contributed by atoms with Crippen LogP contribution in [0.3, 0.4) is 0 Å². The van der Waals surface area contributed by atoms with Crippen molar-refractivity contribution >= 4 is 29.7 Å². The predicted molar refractivity (Wildman–Crippen MR) is 181 cm³/mol. The van der Waals surface area contributed by atoms with Gasteiger partial charge in [-0.2, -0.15) is 13.2 Å². The minimum absolute atomic E-state index is 0.137. The molecule has 2 atom stereocenters. The van der Waals surface area contributed by atoms with Gasteiger partial charge in [-0.25, -0.2) is 9.80 Å². The van der Waals surface area contributed by atoms with E-state index in [1.54, 1.807) is 0 Å². The summed E-state index contributed by atoms with van der Waals surface area (Å²) in [6.45, 7) is 5.05. The molecule has 0 spiro atoms. The van der Waals surface area contributed by atoms with Crippen LogP contribution in [0.4, 0.5) is 18.9 Å². The Kier molecular flexibility index (Phi) is 10.00. The van der Waals surface area contributed by atoms with Crippen LogP contribution in [0.5, 0.6) is 0 Å². The minimum Gasteiger partial charge on any atom is -0.475 e. The van der Waals surface area contributed by atoms with Gasteiger partial charge in [-0.15, -0.1) is 5.10 Å². The van der Waals surface area contributed by atoms with Crippen molar-refractivity contribution in [2.45, 2.75) is 69.6 Å². The number of benzene rings is 3. The number of anilines is 1. The number of hydrazone groups is 1. The second-order valence-corrected chi connectivity index (χ2v) is 12.5. The van der Waals surface area contributed by atoms with E-state index in [1.165, 1.54) is 40.7 Å². The number of carbonyl (C=O) groups is 1. The molecular formula is C37H40F3N5O3. The topological polar surface area (TPSA) is 112 Å². The maximum Gasteiger partial charge on any atom is 0.490 e. The lowest BCUT2D eigenvalue weighted by atomic mass is 9.89. The van der Waals surface area contributed by atoms with Gasteiger partial charge in [-0.1, -0.05) is 72.8 Å². The van der Waals surface area contributed by atoms with Crippen LogP contribution in [0.15, 0.2) is 83.5 Å². The number of carboxylic acid groups (broad SMARTS) is 1. The van der Waals surface area contributed by atoms with Gasteiger partial charge in [0, 0.05) is 18.5 Å². The summed E-state index contributed by atoms with van der Waals surface area (Å²) in [6.07, 6.45) is 5.89. The van der Waals surface area contributed by atoms with E-state index >= 15 is 0 Å². The number of rotatable bonds is 7. The first-order chi connectivity index (χ1) is 23.1. The Hall–Kier alpha value is -4.45. The average Bonchev–Trinajstić information content (AvgIpc) is 3.75.